The lowest BCUT2D eigenvalue weighted by atomic mass is 9.93. The molecule has 40 heavy (non-hydrogen) atoms. The van der Waals surface area contributed by atoms with E-state index in [1.54, 1.807) is 13.2 Å². The number of likely N-dealkylation sites (tertiary alicyclic amines) is 1. The van der Waals surface area contributed by atoms with Crippen molar-refractivity contribution in [2.45, 2.75) is 56.5 Å². The Hall–Kier alpha value is -3.56. The highest BCUT2D eigenvalue weighted by atomic mass is 19.1. The van der Waals surface area contributed by atoms with E-state index in [0.717, 1.165) is 60.1 Å². The molecule has 1 amide bonds. The number of hydrogen-bond donors (Lipinski definition) is 2. The monoisotopic (exact) mass is 546 g/mol. The number of hydrogen-bond acceptors (Lipinski definition) is 6. The van der Waals surface area contributed by atoms with Gasteiger partial charge in [-0.3, -0.25) is 9.79 Å². The van der Waals surface area contributed by atoms with Crippen LogP contribution in [0.5, 0.6) is 0 Å². The number of guanidine groups is 1. The number of benzene rings is 2. The molecule has 3 unspecified atom stereocenters. The van der Waals surface area contributed by atoms with Crippen molar-refractivity contribution in [3.63, 3.8) is 0 Å². The van der Waals surface area contributed by atoms with Crippen molar-refractivity contribution in [2.75, 3.05) is 33.4 Å². The minimum atomic E-state index is -0.261. The van der Waals surface area contributed by atoms with Gasteiger partial charge in [0.15, 0.2) is 0 Å². The van der Waals surface area contributed by atoms with E-state index in [9.17, 15) is 9.18 Å². The summed E-state index contributed by atoms with van der Waals surface area (Å²) in [5.41, 5.74) is 16.4. The number of nitrogens with two attached hydrogens (primary N) is 2. The fourth-order valence-corrected chi connectivity index (χ4v) is 5.92. The first-order valence-electron chi connectivity index (χ1n) is 14.1. The van der Waals surface area contributed by atoms with E-state index in [4.69, 9.17) is 16.2 Å². The summed E-state index contributed by atoms with van der Waals surface area (Å²) in [4.78, 5) is 23.6. The van der Waals surface area contributed by atoms with Crippen molar-refractivity contribution < 1.29 is 13.9 Å². The molecule has 3 heterocycles. The number of halogens is 1. The zero-order chi connectivity index (χ0) is 28.1. The van der Waals surface area contributed by atoms with Gasteiger partial charge in [0.05, 0.1) is 12.1 Å². The Morgan fingerprint density at radius 2 is 2.02 bits per heavy atom. The van der Waals surface area contributed by atoms with Crippen LogP contribution in [-0.2, 0) is 22.5 Å². The Bertz CT molecular complexity index is 1380. The summed E-state index contributed by atoms with van der Waals surface area (Å²) in [5, 5.41) is 1.03. The second-order valence-corrected chi connectivity index (χ2v) is 10.9. The van der Waals surface area contributed by atoms with Gasteiger partial charge in [0.25, 0.3) is 0 Å². The van der Waals surface area contributed by atoms with E-state index >= 15 is 0 Å². The van der Waals surface area contributed by atoms with Crippen LogP contribution in [0, 0.1) is 5.82 Å². The number of nitrogens with zero attached hydrogens (tertiary/aromatic N) is 4. The molecule has 2 aliphatic heterocycles. The minimum Gasteiger partial charge on any atom is -0.385 e. The first-order valence-corrected chi connectivity index (χ1v) is 14.1. The van der Waals surface area contributed by atoms with Gasteiger partial charge in [-0.1, -0.05) is 24.3 Å². The summed E-state index contributed by atoms with van der Waals surface area (Å²) in [7, 11) is 1.69. The van der Waals surface area contributed by atoms with Crippen LogP contribution in [0.4, 0.5) is 4.39 Å². The fourth-order valence-electron chi connectivity index (χ4n) is 5.92. The van der Waals surface area contributed by atoms with Gasteiger partial charge in [0, 0.05) is 74.9 Å². The van der Waals surface area contributed by atoms with Gasteiger partial charge in [-0.05, 0) is 61.1 Å². The lowest BCUT2D eigenvalue weighted by Crippen LogP contribution is -2.42. The highest BCUT2D eigenvalue weighted by Gasteiger charge is 2.28. The molecule has 9 heteroatoms. The van der Waals surface area contributed by atoms with Crippen LogP contribution in [0.2, 0.25) is 0 Å². The maximum atomic E-state index is 14.1. The van der Waals surface area contributed by atoms with Crippen LogP contribution in [0.15, 0.2) is 58.5 Å². The molecule has 8 nitrogen and oxygen atoms in total. The molecule has 0 saturated carbocycles. The Morgan fingerprint density at radius 3 is 2.77 bits per heavy atom. The summed E-state index contributed by atoms with van der Waals surface area (Å²) in [5.74, 6) is 0.499. The zero-order valence-corrected chi connectivity index (χ0v) is 23.1. The molecule has 0 aliphatic carbocycles. The summed E-state index contributed by atoms with van der Waals surface area (Å²) < 4.78 is 21.6. The van der Waals surface area contributed by atoms with Gasteiger partial charge in [0.1, 0.15) is 5.82 Å². The van der Waals surface area contributed by atoms with Gasteiger partial charge in [-0.2, -0.15) is 0 Å². The standard InChI is InChI=1S/C31H39FN6O2/c1-40-13-3-12-38-28(15-23-9-10-26(32)16-29(23)38)24-4-2-11-37(20-24)30(39)17-27(33)14-21-5-7-22(8-6-21)25-18-35-31(34)36-19-25/h5-10,15-16,18,24-25,27H,2-4,11-14,17,19-20,33H2,1H3,(H2,34,36). The van der Waals surface area contributed by atoms with E-state index in [1.165, 1.54) is 6.07 Å². The highest BCUT2D eigenvalue weighted by Crippen LogP contribution is 2.33. The smallest absolute Gasteiger partial charge is 0.224 e. The highest BCUT2D eigenvalue weighted by molar-refractivity contribution is 5.90. The number of ether oxygens (including phenoxy) is 1. The number of aryl methyl sites for hydroxylation is 1. The van der Waals surface area contributed by atoms with Crippen LogP contribution >= 0.6 is 0 Å². The number of methoxy groups -OCH3 is 1. The van der Waals surface area contributed by atoms with Crippen LogP contribution < -0.4 is 11.5 Å². The number of aliphatic imine (C=N–C) groups is 2. The zero-order valence-electron chi connectivity index (χ0n) is 23.1. The second-order valence-electron chi connectivity index (χ2n) is 10.9. The Balaban J connectivity index is 1.20. The van der Waals surface area contributed by atoms with Gasteiger partial charge < -0.3 is 25.7 Å². The van der Waals surface area contributed by atoms with Gasteiger partial charge in [0.2, 0.25) is 11.9 Å². The molecule has 2 aromatic carbocycles. The summed E-state index contributed by atoms with van der Waals surface area (Å²) in [6.07, 6.45) is 5.54. The van der Waals surface area contributed by atoms with E-state index in [2.05, 4.69) is 44.9 Å². The maximum absolute atomic E-state index is 14.1. The van der Waals surface area contributed by atoms with E-state index in [0.29, 0.717) is 38.5 Å². The predicted molar refractivity (Wildman–Crippen MR) is 157 cm³/mol. The third-order valence-corrected chi connectivity index (χ3v) is 8.00. The lowest BCUT2D eigenvalue weighted by Gasteiger charge is -2.34. The van der Waals surface area contributed by atoms with Crippen molar-refractivity contribution in [3.8, 4) is 0 Å². The molecule has 0 spiro atoms. The Labute approximate surface area is 234 Å². The predicted octanol–water partition coefficient (Wildman–Crippen LogP) is 3.97. The Morgan fingerprint density at radius 1 is 1.20 bits per heavy atom. The largest absolute Gasteiger partial charge is 0.385 e. The molecule has 1 fully saturated rings. The van der Waals surface area contributed by atoms with E-state index < -0.39 is 0 Å². The quantitative estimate of drug-likeness (QED) is 0.375. The molecular weight excluding hydrogens is 507 g/mol. The Kier molecular flexibility index (Phi) is 8.91. The molecule has 3 atom stereocenters. The first-order chi connectivity index (χ1) is 19.4. The van der Waals surface area contributed by atoms with Crippen LogP contribution in [0.1, 0.15) is 54.3 Å². The molecule has 2 aliphatic rings. The van der Waals surface area contributed by atoms with E-state index in [1.807, 2.05) is 17.2 Å². The normalized spacial score (nSPS) is 20.1. The number of carbonyl (C=O) groups is 1. The molecule has 3 aromatic rings. The number of aromatic nitrogens is 1. The minimum absolute atomic E-state index is 0.0933. The lowest BCUT2D eigenvalue weighted by molar-refractivity contribution is -0.132. The fraction of sp³-hybridized carbons (Fsp3) is 0.452. The molecular formula is C31H39FN6O2. The van der Waals surface area contributed by atoms with Crippen LogP contribution in [0.3, 0.4) is 0 Å². The topological polar surface area (TPSA) is 111 Å². The average molecular weight is 547 g/mol. The van der Waals surface area contributed by atoms with Crippen molar-refractivity contribution >= 4 is 29.0 Å². The van der Waals surface area contributed by atoms with Gasteiger partial charge in [-0.25, -0.2) is 9.38 Å². The maximum Gasteiger partial charge on any atom is 0.224 e. The van der Waals surface area contributed by atoms with Crippen LogP contribution in [0.25, 0.3) is 10.9 Å². The summed E-state index contributed by atoms with van der Waals surface area (Å²) >= 11 is 0. The molecule has 4 N–H and O–H groups in total. The van der Waals surface area contributed by atoms with Crippen molar-refractivity contribution in [1.82, 2.24) is 9.47 Å². The number of rotatable bonds is 10. The number of carbonyl (C=O) groups excluding carboxylic acids is 1. The summed E-state index contributed by atoms with van der Waals surface area (Å²) in [6, 6.07) is 15.1. The average Bonchev–Trinajstić information content (AvgIpc) is 3.31. The number of piperidine rings is 1. The second kappa shape index (κ2) is 12.7. The first kappa shape index (κ1) is 28.0. The third-order valence-electron chi connectivity index (χ3n) is 8.00. The number of fused-ring (bicyclic) bond motifs is 1. The van der Waals surface area contributed by atoms with E-state index in [-0.39, 0.29) is 29.6 Å². The molecule has 212 valence electrons. The molecule has 1 saturated heterocycles. The van der Waals surface area contributed by atoms with Crippen molar-refractivity contribution in [2.24, 2.45) is 21.5 Å². The molecule has 0 radical (unpaired) electrons. The van der Waals surface area contributed by atoms with Gasteiger partial charge >= 0.3 is 0 Å². The molecule has 0 bridgehead atoms. The molecule has 1 aromatic heterocycles. The van der Waals surface area contributed by atoms with Crippen molar-refractivity contribution in [1.29, 1.82) is 0 Å². The van der Waals surface area contributed by atoms with Gasteiger partial charge in [-0.15, -0.1) is 0 Å². The summed E-state index contributed by atoms with van der Waals surface area (Å²) in [6.45, 7) is 3.39. The number of amides is 1. The van der Waals surface area contributed by atoms with Crippen molar-refractivity contribution in [3.05, 3.63) is 71.2 Å². The van der Waals surface area contributed by atoms with Crippen LogP contribution in [-0.4, -0.2) is 66.9 Å². The third kappa shape index (κ3) is 6.59. The SMILES string of the molecule is COCCCn1c(C2CCCN(C(=O)CC(N)Cc3ccc(C4C=NC(N)=NC4)cc3)C2)cc2ccc(F)cc21. The molecule has 5 rings (SSSR count).